The smallest absolute Gasteiger partial charge is 0.0991 e. The highest BCUT2D eigenvalue weighted by Gasteiger charge is 2.10. The lowest BCUT2D eigenvalue weighted by Crippen LogP contribution is -2.17. The van der Waals surface area contributed by atoms with Gasteiger partial charge in [0.15, 0.2) is 0 Å². The summed E-state index contributed by atoms with van der Waals surface area (Å²) in [5, 5.41) is 17.0. The molecule has 0 saturated heterocycles. The van der Waals surface area contributed by atoms with Crippen LogP contribution in [0.4, 0.5) is 0 Å². The van der Waals surface area contributed by atoms with Crippen LogP contribution in [0, 0.1) is 18.3 Å². The zero-order valence-electron chi connectivity index (χ0n) is 14.5. The molecule has 3 rings (SSSR count). The van der Waals surface area contributed by atoms with Crippen LogP contribution in [0.15, 0.2) is 48.8 Å². The Hall–Kier alpha value is -2.97. The highest BCUT2D eigenvalue weighted by Crippen LogP contribution is 2.22. The van der Waals surface area contributed by atoms with Gasteiger partial charge in [0.2, 0.25) is 0 Å². The van der Waals surface area contributed by atoms with Crippen molar-refractivity contribution in [2.75, 3.05) is 6.54 Å². The Morgan fingerprint density at radius 3 is 2.64 bits per heavy atom. The third-order valence-corrected chi connectivity index (χ3v) is 4.07. The lowest BCUT2D eigenvalue weighted by atomic mass is 10.1. The molecule has 2 heterocycles. The Morgan fingerprint density at radius 2 is 1.96 bits per heavy atom. The van der Waals surface area contributed by atoms with Gasteiger partial charge in [-0.1, -0.05) is 18.2 Å². The lowest BCUT2D eigenvalue weighted by Gasteiger charge is -2.06. The molecule has 0 unspecified atom stereocenters. The van der Waals surface area contributed by atoms with Crippen molar-refractivity contribution in [1.82, 2.24) is 20.1 Å². The minimum Gasteiger partial charge on any atom is -0.312 e. The fourth-order valence-electron chi connectivity index (χ4n) is 2.71. The zero-order chi connectivity index (χ0) is 17.6. The summed E-state index contributed by atoms with van der Waals surface area (Å²) < 4.78 is 1.83. The van der Waals surface area contributed by atoms with Crippen molar-refractivity contribution >= 4 is 0 Å². The van der Waals surface area contributed by atoms with E-state index in [9.17, 15) is 0 Å². The van der Waals surface area contributed by atoms with E-state index in [2.05, 4.69) is 27.5 Å². The molecule has 0 amide bonds. The average Bonchev–Trinajstić information content (AvgIpc) is 3.01. The minimum absolute atomic E-state index is 0.658. The molecule has 0 bridgehead atoms. The SMILES string of the molecule is Cc1ccc(CCNCc2cn(C)nc2-c2ccc(C#N)cc2)cn1. The van der Waals surface area contributed by atoms with Crippen molar-refractivity contribution < 1.29 is 0 Å². The first-order valence-electron chi connectivity index (χ1n) is 8.31. The quantitative estimate of drug-likeness (QED) is 0.705. The molecule has 0 radical (unpaired) electrons. The Balaban J connectivity index is 1.62. The number of hydrogen-bond acceptors (Lipinski definition) is 4. The third kappa shape index (κ3) is 4.31. The first kappa shape index (κ1) is 16.9. The summed E-state index contributed by atoms with van der Waals surface area (Å²) in [5.41, 5.74) is 6.06. The van der Waals surface area contributed by atoms with Gasteiger partial charge < -0.3 is 5.32 Å². The van der Waals surface area contributed by atoms with Crippen LogP contribution < -0.4 is 5.32 Å². The molecule has 1 aromatic carbocycles. The molecule has 0 spiro atoms. The summed E-state index contributed by atoms with van der Waals surface area (Å²) in [7, 11) is 1.93. The first-order valence-corrected chi connectivity index (χ1v) is 8.31. The number of aryl methyl sites for hydroxylation is 2. The largest absolute Gasteiger partial charge is 0.312 e. The Morgan fingerprint density at radius 1 is 1.16 bits per heavy atom. The maximum atomic E-state index is 8.93. The molecule has 0 atom stereocenters. The topological polar surface area (TPSA) is 66.5 Å². The van der Waals surface area contributed by atoms with Crippen molar-refractivity contribution in [3.05, 3.63) is 71.2 Å². The second kappa shape index (κ2) is 7.73. The maximum Gasteiger partial charge on any atom is 0.0991 e. The van der Waals surface area contributed by atoms with E-state index in [0.717, 1.165) is 42.0 Å². The van der Waals surface area contributed by atoms with E-state index in [1.54, 1.807) is 0 Å². The molecular weight excluding hydrogens is 310 g/mol. The Labute approximate surface area is 148 Å². The summed E-state index contributed by atoms with van der Waals surface area (Å²) in [6.45, 7) is 3.63. The van der Waals surface area contributed by atoms with Crippen molar-refractivity contribution in [1.29, 1.82) is 5.26 Å². The molecule has 25 heavy (non-hydrogen) atoms. The van der Waals surface area contributed by atoms with Crippen molar-refractivity contribution in [2.45, 2.75) is 19.9 Å². The highest BCUT2D eigenvalue weighted by molar-refractivity contribution is 5.63. The number of nitrogens with zero attached hydrogens (tertiary/aromatic N) is 4. The van der Waals surface area contributed by atoms with Gasteiger partial charge in [-0.3, -0.25) is 9.67 Å². The van der Waals surface area contributed by atoms with E-state index >= 15 is 0 Å². The van der Waals surface area contributed by atoms with Crippen LogP contribution in [0.3, 0.4) is 0 Å². The fraction of sp³-hybridized carbons (Fsp3) is 0.250. The number of benzene rings is 1. The van der Waals surface area contributed by atoms with Crippen LogP contribution in [0.2, 0.25) is 0 Å². The van der Waals surface area contributed by atoms with Crippen LogP contribution in [-0.2, 0) is 20.0 Å². The number of rotatable bonds is 6. The van der Waals surface area contributed by atoms with Crippen molar-refractivity contribution in [3.8, 4) is 17.3 Å². The standard InChI is InChI=1S/C20H21N5/c1-15-3-4-17(12-23-15)9-10-22-13-19-14-25(2)24-20(19)18-7-5-16(11-21)6-8-18/h3-8,12,14,22H,9-10,13H2,1-2H3. The minimum atomic E-state index is 0.658. The van der Waals surface area contributed by atoms with Gasteiger partial charge in [0, 0.05) is 42.8 Å². The van der Waals surface area contributed by atoms with Gasteiger partial charge >= 0.3 is 0 Å². The fourth-order valence-corrected chi connectivity index (χ4v) is 2.71. The van der Waals surface area contributed by atoms with Crippen LogP contribution in [-0.4, -0.2) is 21.3 Å². The molecule has 0 saturated carbocycles. The third-order valence-electron chi connectivity index (χ3n) is 4.07. The number of pyridine rings is 1. The first-order chi connectivity index (χ1) is 12.2. The van der Waals surface area contributed by atoms with Gasteiger partial charge in [0.1, 0.15) is 0 Å². The second-order valence-corrected chi connectivity index (χ2v) is 6.10. The van der Waals surface area contributed by atoms with E-state index < -0.39 is 0 Å². The molecular formula is C20H21N5. The van der Waals surface area contributed by atoms with Gasteiger partial charge in [-0.25, -0.2) is 0 Å². The van der Waals surface area contributed by atoms with E-state index in [-0.39, 0.29) is 0 Å². The predicted molar refractivity (Wildman–Crippen MR) is 97.7 cm³/mol. The maximum absolute atomic E-state index is 8.93. The van der Waals surface area contributed by atoms with E-state index in [1.807, 2.05) is 61.4 Å². The molecule has 3 aromatic rings. The van der Waals surface area contributed by atoms with Crippen LogP contribution in [0.25, 0.3) is 11.3 Å². The van der Waals surface area contributed by atoms with Crippen LogP contribution >= 0.6 is 0 Å². The van der Waals surface area contributed by atoms with Crippen LogP contribution in [0.1, 0.15) is 22.4 Å². The number of nitriles is 1. The zero-order valence-corrected chi connectivity index (χ0v) is 14.5. The predicted octanol–water partition coefficient (Wildman–Crippen LogP) is 2.99. The molecule has 0 fully saturated rings. The lowest BCUT2D eigenvalue weighted by molar-refractivity contribution is 0.685. The molecule has 0 aliphatic heterocycles. The molecule has 126 valence electrons. The van der Waals surface area contributed by atoms with E-state index in [4.69, 9.17) is 5.26 Å². The van der Waals surface area contributed by atoms with Gasteiger partial charge in [0.05, 0.1) is 17.3 Å². The molecule has 1 N–H and O–H groups in total. The van der Waals surface area contributed by atoms with E-state index in [1.165, 1.54) is 5.56 Å². The van der Waals surface area contributed by atoms with Crippen LogP contribution in [0.5, 0.6) is 0 Å². The summed E-state index contributed by atoms with van der Waals surface area (Å²) in [6, 6.07) is 13.8. The van der Waals surface area contributed by atoms with Crippen molar-refractivity contribution in [3.63, 3.8) is 0 Å². The van der Waals surface area contributed by atoms with Gasteiger partial charge in [-0.2, -0.15) is 10.4 Å². The second-order valence-electron chi connectivity index (χ2n) is 6.10. The molecule has 5 heteroatoms. The summed E-state index contributed by atoms with van der Waals surface area (Å²) in [5.74, 6) is 0. The summed E-state index contributed by atoms with van der Waals surface area (Å²) >= 11 is 0. The van der Waals surface area contributed by atoms with Crippen molar-refractivity contribution in [2.24, 2.45) is 7.05 Å². The summed E-state index contributed by atoms with van der Waals surface area (Å²) in [4.78, 5) is 4.32. The van der Waals surface area contributed by atoms with E-state index in [0.29, 0.717) is 5.56 Å². The number of hydrogen-bond donors (Lipinski definition) is 1. The molecule has 0 aliphatic carbocycles. The van der Waals surface area contributed by atoms with Gasteiger partial charge in [-0.05, 0) is 43.7 Å². The average molecular weight is 331 g/mol. The highest BCUT2D eigenvalue weighted by atomic mass is 15.3. The van der Waals surface area contributed by atoms with Gasteiger partial charge in [0.25, 0.3) is 0 Å². The van der Waals surface area contributed by atoms with Gasteiger partial charge in [-0.15, -0.1) is 0 Å². The number of aromatic nitrogens is 3. The molecule has 2 aromatic heterocycles. The normalized spacial score (nSPS) is 10.6. The molecule has 5 nitrogen and oxygen atoms in total. The monoisotopic (exact) mass is 331 g/mol. The Bertz CT molecular complexity index is 870. The number of nitrogens with one attached hydrogen (secondary N) is 1. The Kier molecular flexibility index (Phi) is 5.22. The molecule has 0 aliphatic rings. The summed E-state index contributed by atoms with van der Waals surface area (Å²) in [6.07, 6.45) is 4.91.